The number of piperidine rings is 1. The van der Waals surface area contributed by atoms with Crippen molar-refractivity contribution in [1.29, 1.82) is 0 Å². The molecule has 7 heteroatoms. The van der Waals surface area contributed by atoms with E-state index < -0.39 is 0 Å². The maximum absolute atomic E-state index is 11.7. The van der Waals surface area contributed by atoms with Crippen LogP contribution in [0.2, 0.25) is 0 Å². The smallest absolute Gasteiger partial charge is 0.219 e. The van der Waals surface area contributed by atoms with Crippen LogP contribution in [0.3, 0.4) is 0 Å². The number of phenolic OH excluding ortho intramolecular Hbond substituents is 1. The van der Waals surface area contributed by atoms with Crippen LogP contribution in [0.15, 0.2) is 47.6 Å². The summed E-state index contributed by atoms with van der Waals surface area (Å²) in [5.74, 6) is 0.251. The van der Waals surface area contributed by atoms with Crippen LogP contribution >= 0.6 is 27.7 Å². The molecule has 2 heterocycles. The van der Waals surface area contributed by atoms with Crippen LogP contribution in [0, 0.1) is 0 Å². The van der Waals surface area contributed by atoms with Gasteiger partial charge in [-0.2, -0.15) is 11.8 Å². The lowest BCUT2D eigenvalue weighted by Crippen LogP contribution is -2.34. The Kier molecular flexibility index (Phi) is 13.0. The number of nitrogens with two attached hydrogens (primary N) is 1. The molecule has 5 nitrogen and oxygen atoms in total. The number of phenols is 1. The number of rotatable bonds is 0. The molecule has 0 radical (unpaired) electrons. The molecular formula is C27H38BrN3O2S. The molecule has 4 rings (SSSR count). The summed E-state index contributed by atoms with van der Waals surface area (Å²) in [5, 5.41) is 10.1. The van der Waals surface area contributed by atoms with Gasteiger partial charge in [-0.25, -0.2) is 0 Å². The third-order valence-corrected chi connectivity index (χ3v) is 5.96. The van der Waals surface area contributed by atoms with Gasteiger partial charge in [-0.05, 0) is 89.0 Å². The highest BCUT2D eigenvalue weighted by molar-refractivity contribution is 9.10. The Hall–Kier alpha value is -2.25. The summed E-state index contributed by atoms with van der Waals surface area (Å²) in [6, 6.07) is 5.79. The minimum absolute atomic E-state index is 0.122. The van der Waals surface area contributed by atoms with Crippen LogP contribution < -0.4 is 5.73 Å². The molecule has 1 aliphatic carbocycles. The van der Waals surface area contributed by atoms with Gasteiger partial charge in [-0.15, -0.1) is 13.2 Å². The van der Waals surface area contributed by atoms with E-state index >= 15 is 0 Å². The number of carbonyl (C=O) groups excluding carboxylic acids is 1. The van der Waals surface area contributed by atoms with E-state index in [-0.39, 0.29) is 11.7 Å². The number of aromatic nitrogens is 1. The summed E-state index contributed by atoms with van der Waals surface area (Å²) in [6.45, 7) is 13.1. The van der Waals surface area contributed by atoms with Crippen LogP contribution in [0.4, 0.5) is 5.69 Å². The number of anilines is 1. The predicted molar refractivity (Wildman–Crippen MR) is 151 cm³/mol. The van der Waals surface area contributed by atoms with Gasteiger partial charge in [0, 0.05) is 36.3 Å². The van der Waals surface area contributed by atoms with Gasteiger partial charge in [-0.1, -0.05) is 19.4 Å². The fourth-order valence-corrected chi connectivity index (χ4v) is 4.46. The van der Waals surface area contributed by atoms with Crippen molar-refractivity contribution in [2.45, 2.75) is 46.5 Å². The number of fused-ring (bicyclic) bond motifs is 2. The molecule has 0 unspecified atom stereocenters. The lowest BCUT2D eigenvalue weighted by atomic mass is 9.88. The van der Waals surface area contributed by atoms with Crippen molar-refractivity contribution < 1.29 is 9.90 Å². The van der Waals surface area contributed by atoms with Crippen molar-refractivity contribution in [3.05, 3.63) is 70.0 Å². The number of pyridine rings is 1. The number of hydrogen-bond acceptors (Lipinski definition) is 5. The maximum Gasteiger partial charge on any atom is 0.219 e. The number of halogens is 1. The number of benzene rings is 1. The van der Waals surface area contributed by atoms with Gasteiger partial charge < -0.3 is 15.7 Å². The summed E-state index contributed by atoms with van der Waals surface area (Å²) >= 11 is 5.28. The zero-order chi connectivity index (χ0) is 25.8. The van der Waals surface area contributed by atoms with E-state index in [1.807, 2.05) is 43.5 Å². The zero-order valence-electron chi connectivity index (χ0n) is 21.1. The second-order valence-corrected chi connectivity index (χ2v) is 9.35. The molecule has 1 fully saturated rings. The third-order valence-electron chi connectivity index (χ3n) is 5.52. The van der Waals surface area contributed by atoms with Crippen LogP contribution in [-0.4, -0.2) is 46.5 Å². The average Bonchev–Trinajstić information content (AvgIpc) is 2.99. The Morgan fingerprint density at radius 3 is 2.21 bits per heavy atom. The molecule has 0 bridgehead atoms. The Bertz CT molecular complexity index is 998. The van der Waals surface area contributed by atoms with Crippen LogP contribution in [0.5, 0.6) is 5.75 Å². The maximum atomic E-state index is 11.7. The van der Waals surface area contributed by atoms with Gasteiger partial charge in [-0.3, -0.25) is 9.78 Å². The van der Waals surface area contributed by atoms with Gasteiger partial charge in [0.05, 0.1) is 11.4 Å². The number of thioether (sulfide) groups is 1. The minimum atomic E-state index is 0.122. The number of amides is 1. The van der Waals surface area contributed by atoms with Gasteiger partial charge in [0.1, 0.15) is 5.75 Å². The number of carbonyl (C=O) groups is 1. The first-order valence-corrected chi connectivity index (χ1v) is 13.9. The molecule has 3 N–H and O–H groups in total. The third kappa shape index (κ3) is 7.37. The van der Waals surface area contributed by atoms with E-state index in [1.54, 1.807) is 24.8 Å². The summed E-state index contributed by atoms with van der Waals surface area (Å²) in [5.41, 5.74) is 13.2. The summed E-state index contributed by atoms with van der Waals surface area (Å²) in [4.78, 5) is 18.3. The van der Waals surface area contributed by atoms with Gasteiger partial charge in [0.25, 0.3) is 0 Å². The highest BCUT2D eigenvalue weighted by atomic mass is 79.9. The Labute approximate surface area is 217 Å². The average molecular weight is 549 g/mol. The quantitative estimate of drug-likeness (QED) is 0.224. The minimum Gasteiger partial charge on any atom is -0.506 e. The van der Waals surface area contributed by atoms with E-state index in [0.29, 0.717) is 5.69 Å². The van der Waals surface area contributed by atoms with Gasteiger partial charge >= 0.3 is 0 Å². The Morgan fingerprint density at radius 1 is 1.09 bits per heavy atom. The predicted octanol–water partition coefficient (Wildman–Crippen LogP) is 6.48. The van der Waals surface area contributed by atoms with Crippen molar-refractivity contribution in [3.63, 3.8) is 0 Å². The molecule has 0 atom stereocenters. The second-order valence-electron chi connectivity index (χ2n) is 7.62. The number of nitrogens with zero attached hydrogens (tertiary/aromatic N) is 2. The molecule has 2 aliphatic rings. The highest BCUT2D eigenvalue weighted by Crippen LogP contribution is 2.40. The van der Waals surface area contributed by atoms with Crippen LogP contribution in [0.1, 0.15) is 56.0 Å². The first kappa shape index (κ1) is 29.8. The molecule has 0 spiro atoms. The largest absolute Gasteiger partial charge is 0.506 e. The molecule has 1 aromatic carbocycles. The van der Waals surface area contributed by atoms with Crippen molar-refractivity contribution >= 4 is 44.9 Å². The molecular weight excluding hydrogens is 510 g/mol. The lowest BCUT2D eigenvalue weighted by molar-refractivity contribution is -0.129. The first-order valence-electron chi connectivity index (χ1n) is 11.5. The van der Waals surface area contributed by atoms with E-state index in [2.05, 4.69) is 35.2 Å². The molecule has 1 amide bonds. The first-order chi connectivity index (χ1) is 16.3. The van der Waals surface area contributed by atoms with Crippen LogP contribution in [-0.2, 0) is 17.6 Å². The van der Waals surface area contributed by atoms with E-state index in [0.717, 1.165) is 65.6 Å². The molecule has 1 saturated heterocycles. The number of hydrogen-bond donors (Lipinski definition) is 2. The fourth-order valence-electron chi connectivity index (χ4n) is 4.08. The molecule has 0 saturated carbocycles. The zero-order valence-corrected chi connectivity index (χ0v) is 23.5. The molecule has 186 valence electrons. The summed E-state index contributed by atoms with van der Waals surface area (Å²) in [6.07, 6.45) is 9.25. The number of nitrogen functional groups attached to an aromatic ring is 1. The summed E-state index contributed by atoms with van der Waals surface area (Å²) in [7, 11) is 0. The van der Waals surface area contributed by atoms with Crippen molar-refractivity contribution in [3.8, 4) is 5.75 Å². The SMILES string of the molecule is C=C.CC.CC(=O)N1CCC(=C2c3cc(N)c(O)cc3CCc3cc(Br)cnc32)CC1.CSC. The molecule has 1 aliphatic heterocycles. The van der Waals surface area contributed by atoms with E-state index in [1.165, 1.54) is 11.1 Å². The fraction of sp³-hybridized carbons (Fsp3) is 0.407. The number of aromatic hydroxyl groups is 1. The Morgan fingerprint density at radius 2 is 1.65 bits per heavy atom. The second kappa shape index (κ2) is 14.9. The van der Waals surface area contributed by atoms with E-state index in [4.69, 9.17) is 10.7 Å². The summed E-state index contributed by atoms with van der Waals surface area (Å²) < 4.78 is 0.963. The van der Waals surface area contributed by atoms with Gasteiger partial charge in [0.2, 0.25) is 5.91 Å². The number of aryl methyl sites for hydroxylation is 2. The monoisotopic (exact) mass is 547 g/mol. The van der Waals surface area contributed by atoms with Gasteiger partial charge in [0.15, 0.2) is 0 Å². The molecule has 34 heavy (non-hydrogen) atoms. The topological polar surface area (TPSA) is 79.5 Å². The van der Waals surface area contributed by atoms with Crippen LogP contribution in [0.25, 0.3) is 5.57 Å². The normalized spacial score (nSPS) is 14.0. The van der Waals surface area contributed by atoms with E-state index in [9.17, 15) is 9.90 Å². The highest BCUT2D eigenvalue weighted by Gasteiger charge is 2.26. The lowest BCUT2D eigenvalue weighted by Gasteiger charge is -2.29. The number of likely N-dealkylation sites (tertiary alicyclic amines) is 1. The standard InChI is InChI=1S/C21H22BrN3O2.C2H6S.C2H6.C2H4/c1-12(26)25-6-4-13(5-7-25)20-17-10-18(23)19(27)9-14(17)2-3-15-8-16(22)11-24-21(15)20;1-3-2;2*1-2/h8-11,27H,2-7,23H2,1H3;1-2H3;1-2H3;1-2H2. The Balaban J connectivity index is 0.000000750. The van der Waals surface area contributed by atoms with Crippen molar-refractivity contribution in [2.24, 2.45) is 0 Å². The molecule has 1 aromatic heterocycles. The van der Waals surface area contributed by atoms with Crippen molar-refractivity contribution in [1.82, 2.24) is 9.88 Å². The van der Waals surface area contributed by atoms with Crippen molar-refractivity contribution in [2.75, 3.05) is 31.3 Å². The molecule has 2 aromatic rings.